The van der Waals surface area contributed by atoms with E-state index in [0.29, 0.717) is 36.7 Å². The van der Waals surface area contributed by atoms with Crippen molar-refractivity contribution in [1.82, 2.24) is 29.8 Å². The van der Waals surface area contributed by atoms with E-state index < -0.39 is 0 Å². The van der Waals surface area contributed by atoms with E-state index in [2.05, 4.69) is 20.4 Å². The molecule has 0 saturated heterocycles. The molecule has 9 heteroatoms. The second kappa shape index (κ2) is 6.99. The predicted octanol–water partition coefficient (Wildman–Crippen LogP) is 1.31. The average Bonchev–Trinajstić information content (AvgIpc) is 3.31. The lowest BCUT2D eigenvalue weighted by atomic mass is 10.1. The van der Waals surface area contributed by atoms with Gasteiger partial charge in [0.15, 0.2) is 17.1 Å². The molecular formula is C18H22N6O3. The molecule has 0 spiro atoms. The minimum Gasteiger partial charge on any atom is -0.454 e. The fraction of sp³-hybridized carbons (Fsp3) is 0.444. The molecule has 3 aromatic rings. The lowest BCUT2D eigenvalue weighted by Gasteiger charge is -2.24. The SMILES string of the molecule is CCC(=O)N(CCN(C)C)Cc1cc2cc3c(cc2n2nnnc12)OCO3. The van der Waals surface area contributed by atoms with Crippen LogP contribution in [0, 0.1) is 0 Å². The van der Waals surface area contributed by atoms with Crippen LogP contribution in [0.25, 0.3) is 16.6 Å². The van der Waals surface area contributed by atoms with E-state index in [0.717, 1.165) is 23.0 Å². The largest absolute Gasteiger partial charge is 0.454 e. The van der Waals surface area contributed by atoms with Gasteiger partial charge in [-0.1, -0.05) is 6.92 Å². The summed E-state index contributed by atoms with van der Waals surface area (Å²) in [5.74, 6) is 1.49. The third-order valence-electron chi connectivity index (χ3n) is 4.67. The Labute approximate surface area is 156 Å². The van der Waals surface area contributed by atoms with Gasteiger partial charge in [0, 0.05) is 43.1 Å². The Balaban J connectivity index is 1.76. The number of likely N-dealkylation sites (N-methyl/N-ethyl adjacent to an activating group) is 1. The van der Waals surface area contributed by atoms with Crippen LogP contribution in [-0.2, 0) is 11.3 Å². The molecule has 0 bridgehead atoms. The summed E-state index contributed by atoms with van der Waals surface area (Å²) in [7, 11) is 3.99. The van der Waals surface area contributed by atoms with E-state index in [1.807, 2.05) is 44.1 Å². The minimum atomic E-state index is 0.105. The Kier molecular flexibility index (Phi) is 4.53. The van der Waals surface area contributed by atoms with Crippen molar-refractivity contribution in [2.75, 3.05) is 34.0 Å². The molecule has 0 saturated carbocycles. The second-order valence-corrected chi connectivity index (χ2v) is 6.82. The van der Waals surface area contributed by atoms with E-state index in [1.165, 1.54) is 0 Å². The summed E-state index contributed by atoms with van der Waals surface area (Å²) in [4.78, 5) is 16.3. The topological polar surface area (TPSA) is 85.1 Å². The van der Waals surface area contributed by atoms with Gasteiger partial charge in [-0.05, 0) is 36.7 Å². The number of tetrazole rings is 1. The maximum absolute atomic E-state index is 12.4. The Morgan fingerprint density at radius 3 is 2.70 bits per heavy atom. The normalized spacial score (nSPS) is 13.0. The van der Waals surface area contributed by atoms with Crippen LogP contribution >= 0.6 is 0 Å². The number of hydrogen-bond donors (Lipinski definition) is 0. The quantitative estimate of drug-likeness (QED) is 0.647. The number of benzene rings is 1. The van der Waals surface area contributed by atoms with Gasteiger partial charge in [-0.2, -0.15) is 4.52 Å². The Bertz CT molecular complexity index is 1000. The zero-order chi connectivity index (χ0) is 19.0. The lowest BCUT2D eigenvalue weighted by molar-refractivity contribution is -0.131. The van der Waals surface area contributed by atoms with E-state index >= 15 is 0 Å². The van der Waals surface area contributed by atoms with Gasteiger partial charge in [-0.25, -0.2) is 0 Å². The number of carbonyl (C=O) groups is 1. The number of nitrogens with zero attached hydrogens (tertiary/aromatic N) is 6. The fourth-order valence-corrected chi connectivity index (χ4v) is 3.21. The molecule has 1 amide bonds. The van der Waals surface area contributed by atoms with E-state index in [1.54, 1.807) is 4.52 Å². The van der Waals surface area contributed by atoms with Crippen molar-refractivity contribution in [3.63, 3.8) is 0 Å². The monoisotopic (exact) mass is 370 g/mol. The standard InChI is InChI=1S/C18H22N6O3/c1-4-17(25)23(6-5-22(2)3)10-13-7-12-8-15-16(27-11-26-15)9-14(12)24-18(13)19-20-21-24/h7-9H,4-6,10-11H2,1-3H3. The molecule has 3 heterocycles. The third kappa shape index (κ3) is 3.25. The van der Waals surface area contributed by atoms with Crippen molar-refractivity contribution in [3.05, 3.63) is 23.8 Å². The molecule has 0 unspecified atom stereocenters. The van der Waals surface area contributed by atoms with Crippen LogP contribution in [0.2, 0.25) is 0 Å². The molecule has 4 rings (SSSR count). The number of fused-ring (bicyclic) bond motifs is 4. The smallest absolute Gasteiger partial charge is 0.231 e. The van der Waals surface area contributed by atoms with Crippen molar-refractivity contribution in [1.29, 1.82) is 0 Å². The molecular weight excluding hydrogens is 348 g/mol. The van der Waals surface area contributed by atoms with Crippen LogP contribution < -0.4 is 9.47 Å². The number of rotatable bonds is 6. The maximum Gasteiger partial charge on any atom is 0.231 e. The first-order chi connectivity index (χ1) is 13.1. The molecule has 1 aromatic carbocycles. The number of ether oxygens (including phenoxy) is 2. The van der Waals surface area contributed by atoms with Crippen molar-refractivity contribution in [2.24, 2.45) is 0 Å². The molecule has 0 radical (unpaired) electrons. The third-order valence-corrected chi connectivity index (χ3v) is 4.67. The van der Waals surface area contributed by atoms with Gasteiger partial charge < -0.3 is 19.3 Å². The number of aromatic nitrogens is 4. The highest BCUT2D eigenvalue weighted by molar-refractivity contribution is 5.87. The lowest BCUT2D eigenvalue weighted by Crippen LogP contribution is -2.36. The van der Waals surface area contributed by atoms with Gasteiger partial charge in [-0.15, -0.1) is 5.10 Å². The van der Waals surface area contributed by atoms with Crippen LogP contribution in [-0.4, -0.2) is 69.7 Å². The summed E-state index contributed by atoms with van der Waals surface area (Å²) in [6, 6.07) is 5.83. The first kappa shape index (κ1) is 17.5. The highest BCUT2D eigenvalue weighted by Gasteiger charge is 2.20. The summed E-state index contributed by atoms with van der Waals surface area (Å²) < 4.78 is 12.6. The van der Waals surface area contributed by atoms with Crippen molar-refractivity contribution >= 4 is 22.5 Å². The number of amides is 1. The maximum atomic E-state index is 12.4. The van der Waals surface area contributed by atoms with Gasteiger partial charge >= 0.3 is 0 Å². The van der Waals surface area contributed by atoms with Crippen molar-refractivity contribution in [2.45, 2.75) is 19.9 Å². The molecule has 0 atom stereocenters. The van der Waals surface area contributed by atoms with Crippen LogP contribution in [0.1, 0.15) is 18.9 Å². The molecule has 1 aliphatic heterocycles. The van der Waals surface area contributed by atoms with Crippen LogP contribution in [0.4, 0.5) is 0 Å². The zero-order valence-corrected chi connectivity index (χ0v) is 15.7. The summed E-state index contributed by atoms with van der Waals surface area (Å²) in [6.45, 7) is 3.97. The van der Waals surface area contributed by atoms with Gasteiger partial charge in [-0.3, -0.25) is 4.79 Å². The molecule has 2 aromatic heterocycles. The molecule has 9 nitrogen and oxygen atoms in total. The second-order valence-electron chi connectivity index (χ2n) is 6.82. The van der Waals surface area contributed by atoms with Gasteiger partial charge in [0.1, 0.15) is 0 Å². The molecule has 0 N–H and O–H groups in total. The van der Waals surface area contributed by atoms with Crippen LogP contribution in [0.3, 0.4) is 0 Å². The van der Waals surface area contributed by atoms with Crippen LogP contribution in [0.5, 0.6) is 11.5 Å². The van der Waals surface area contributed by atoms with Crippen molar-refractivity contribution in [3.8, 4) is 11.5 Å². The van der Waals surface area contributed by atoms with E-state index in [9.17, 15) is 4.79 Å². The van der Waals surface area contributed by atoms with Crippen LogP contribution in [0.15, 0.2) is 18.2 Å². The Morgan fingerprint density at radius 1 is 1.19 bits per heavy atom. The number of pyridine rings is 1. The van der Waals surface area contributed by atoms with Crippen molar-refractivity contribution < 1.29 is 14.3 Å². The van der Waals surface area contributed by atoms with Gasteiger partial charge in [0.25, 0.3) is 0 Å². The highest BCUT2D eigenvalue weighted by atomic mass is 16.7. The number of hydrogen-bond acceptors (Lipinski definition) is 7. The van der Waals surface area contributed by atoms with E-state index in [4.69, 9.17) is 9.47 Å². The summed E-state index contributed by atoms with van der Waals surface area (Å²) in [6.07, 6.45) is 0.459. The summed E-state index contributed by atoms with van der Waals surface area (Å²) >= 11 is 0. The first-order valence-corrected chi connectivity index (χ1v) is 8.92. The molecule has 0 fully saturated rings. The molecule has 142 valence electrons. The highest BCUT2D eigenvalue weighted by Crippen LogP contribution is 2.36. The Morgan fingerprint density at radius 2 is 1.96 bits per heavy atom. The van der Waals surface area contributed by atoms with Gasteiger partial charge in [0.2, 0.25) is 12.7 Å². The minimum absolute atomic E-state index is 0.105. The molecule has 27 heavy (non-hydrogen) atoms. The number of carbonyl (C=O) groups excluding carboxylic acids is 1. The first-order valence-electron chi connectivity index (χ1n) is 8.92. The fourth-order valence-electron chi connectivity index (χ4n) is 3.21. The van der Waals surface area contributed by atoms with Gasteiger partial charge in [0.05, 0.1) is 5.52 Å². The average molecular weight is 370 g/mol. The summed E-state index contributed by atoms with van der Waals surface area (Å²) in [5, 5.41) is 13.1. The summed E-state index contributed by atoms with van der Waals surface area (Å²) in [5.41, 5.74) is 2.37. The zero-order valence-electron chi connectivity index (χ0n) is 15.7. The molecule has 1 aliphatic rings. The predicted molar refractivity (Wildman–Crippen MR) is 98.7 cm³/mol. The molecule has 0 aliphatic carbocycles. The van der Waals surface area contributed by atoms with E-state index in [-0.39, 0.29) is 12.7 Å². The Hall–Kier alpha value is -2.94.